The van der Waals surface area contributed by atoms with Gasteiger partial charge in [-0.15, -0.1) is 0 Å². The van der Waals surface area contributed by atoms with E-state index in [1.165, 1.54) is 0 Å². The first-order valence-electron chi connectivity index (χ1n) is 5.65. The largest absolute Gasteiger partial charge is 0.389 e. The van der Waals surface area contributed by atoms with Crippen LogP contribution in [0.1, 0.15) is 40.5 Å². The second kappa shape index (κ2) is 6.54. The van der Waals surface area contributed by atoms with Crippen molar-refractivity contribution in [1.82, 2.24) is 9.44 Å². The molecule has 0 aliphatic carbocycles. The first-order chi connectivity index (χ1) is 7.18. The summed E-state index contributed by atoms with van der Waals surface area (Å²) in [6, 6.07) is 0. The Morgan fingerprint density at radius 2 is 1.88 bits per heavy atom. The summed E-state index contributed by atoms with van der Waals surface area (Å²) in [5.41, 5.74) is -1.00. The van der Waals surface area contributed by atoms with Gasteiger partial charge in [0.05, 0.1) is 5.60 Å². The van der Waals surface area contributed by atoms with Gasteiger partial charge >= 0.3 is 0 Å². The highest BCUT2D eigenvalue weighted by atomic mass is 32.2. The van der Waals surface area contributed by atoms with Gasteiger partial charge in [-0.05, 0) is 25.7 Å². The lowest BCUT2D eigenvalue weighted by atomic mass is 9.95. The number of aliphatic hydroxyl groups is 1. The molecule has 0 bridgehead atoms. The van der Waals surface area contributed by atoms with Crippen molar-refractivity contribution >= 4 is 10.2 Å². The first kappa shape index (κ1) is 15.8. The van der Waals surface area contributed by atoms with Gasteiger partial charge in [-0.3, -0.25) is 0 Å². The molecule has 0 aromatic carbocycles. The van der Waals surface area contributed by atoms with E-state index in [0.717, 1.165) is 6.42 Å². The van der Waals surface area contributed by atoms with Crippen LogP contribution in [0.25, 0.3) is 0 Å². The lowest BCUT2D eigenvalue weighted by Crippen LogP contribution is -2.45. The van der Waals surface area contributed by atoms with Gasteiger partial charge in [-0.2, -0.15) is 13.1 Å². The summed E-state index contributed by atoms with van der Waals surface area (Å²) >= 11 is 0. The summed E-state index contributed by atoms with van der Waals surface area (Å²) in [6.45, 7) is 7.93. The van der Waals surface area contributed by atoms with E-state index in [4.69, 9.17) is 0 Å². The van der Waals surface area contributed by atoms with Gasteiger partial charge < -0.3 is 5.11 Å². The second-order valence-corrected chi connectivity index (χ2v) is 6.40. The van der Waals surface area contributed by atoms with Crippen LogP contribution in [0, 0.1) is 5.92 Å². The third-order valence-electron chi connectivity index (χ3n) is 2.03. The normalized spacial score (nSPS) is 16.4. The van der Waals surface area contributed by atoms with Crippen molar-refractivity contribution in [2.45, 2.75) is 46.1 Å². The lowest BCUT2D eigenvalue weighted by Gasteiger charge is -2.25. The van der Waals surface area contributed by atoms with Crippen molar-refractivity contribution in [2.75, 3.05) is 13.1 Å². The van der Waals surface area contributed by atoms with Crippen molar-refractivity contribution in [3.05, 3.63) is 0 Å². The predicted molar refractivity (Wildman–Crippen MR) is 65.3 cm³/mol. The van der Waals surface area contributed by atoms with Crippen molar-refractivity contribution in [2.24, 2.45) is 5.92 Å². The molecule has 3 N–H and O–H groups in total. The Bertz CT molecular complexity index is 286. The average Bonchev–Trinajstić information content (AvgIpc) is 2.10. The molecule has 0 fully saturated rings. The van der Waals surface area contributed by atoms with Crippen molar-refractivity contribution < 1.29 is 13.5 Å². The molecule has 5 nitrogen and oxygen atoms in total. The third kappa shape index (κ3) is 8.04. The lowest BCUT2D eigenvalue weighted by molar-refractivity contribution is 0.0436. The summed E-state index contributed by atoms with van der Waals surface area (Å²) in [5, 5.41) is 9.92. The smallest absolute Gasteiger partial charge is 0.277 e. The zero-order chi connectivity index (χ0) is 12.8. The molecule has 1 unspecified atom stereocenters. The molecule has 0 rings (SSSR count). The Morgan fingerprint density at radius 3 is 2.31 bits per heavy atom. The van der Waals surface area contributed by atoms with E-state index in [0.29, 0.717) is 18.9 Å². The summed E-state index contributed by atoms with van der Waals surface area (Å²) in [7, 11) is -3.47. The minimum Gasteiger partial charge on any atom is -0.389 e. The Labute approximate surface area is 98.8 Å². The maximum Gasteiger partial charge on any atom is 0.277 e. The fourth-order valence-corrected chi connectivity index (χ4v) is 2.57. The van der Waals surface area contributed by atoms with Gasteiger partial charge in [0.2, 0.25) is 0 Å². The van der Waals surface area contributed by atoms with Crippen LogP contribution >= 0.6 is 0 Å². The molecule has 16 heavy (non-hydrogen) atoms. The predicted octanol–water partition coefficient (Wildman–Crippen LogP) is 0.618. The molecule has 0 aliphatic heterocycles. The van der Waals surface area contributed by atoms with Crippen molar-refractivity contribution in [3.8, 4) is 0 Å². The van der Waals surface area contributed by atoms with Gasteiger partial charge in [-0.1, -0.05) is 20.8 Å². The zero-order valence-corrected chi connectivity index (χ0v) is 11.4. The van der Waals surface area contributed by atoms with Gasteiger partial charge in [0.25, 0.3) is 10.2 Å². The Kier molecular flexibility index (Phi) is 6.47. The van der Waals surface area contributed by atoms with Crippen LogP contribution in [0.4, 0.5) is 0 Å². The van der Waals surface area contributed by atoms with Crippen LogP contribution in [-0.4, -0.2) is 32.2 Å². The van der Waals surface area contributed by atoms with E-state index < -0.39 is 15.8 Å². The Balaban J connectivity index is 4.12. The Hall–Kier alpha value is -0.170. The van der Waals surface area contributed by atoms with E-state index >= 15 is 0 Å². The zero-order valence-electron chi connectivity index (χ0n) is 10.6. The molecule has 0 saturated heterocycles. The average molecular weight is 252 g/mol. The van der Waals surface area contributed by atoms with Crippen LogP contribution in [0.3, 0.4) is 0 Å². The number of hydrogen-bond donors (Lipinski definition) is 3. The molecule has 0 spiro atoms. The molecule has 0 amide bonds. The molecule has 0 aliphatic rings. The quantitative estimate of drug-likeness (QED) is 0.592. The Morgan fingerprint density at radius 1 is 1.31 bits per heavy atom. The third-order valence-corrected chi connectivity index (χ3v) is 3.14. The van der Waals surface area contributed by atoms with Crippen LogP contribution in [0.2, 0.25) is 0 Å². The summed E-state index contributed by atoms with van der Waals surface area (Å²) in [4.78, 5) is 0. The van der Waals surface area contributed by atoms with Gasteiger partial charge in [0, 0.05) is 13.1 Å². The highest BCUT2D eigenvalue weighted by molar-refractivity contribution is 7.87. The monoisotopic (exact) mass is 252 g/mol. The van der Waals surface area contributed by atoms with Gasteiger partial charge in [-0.25, -0.2) is 4.72 Å². The van der Waals surface area contributed by atoms with E-state index in [2.05, 4.69) is 9.44 Å². The van der Waals surface area contributed by atoms with Crippen LogP contribution < -0.4 is 9.44 Å². The fourth-order valence-electron chi connectivity index (χ4n) is 1.49. The minimum atomic E-state index is -3.47. The molecule has 98 valence electrons. The van der Waals surface area contributed by atoms with Gasteiger partial charge in [0.1, 0.15) is 0 Å². The standard InChI is InChI=1S/C10H24N2O3S/c1-5-6-11-16(14,15)12-8-10(4,13)7-9(2)3/h9,11-13H,5-8H2,1-4H3. The molecule has 1 atom stereocenters. The summed E-state index contributed by atoms with van der Waals surface area (Å²) in [6.07, 6.45) is 1.30. The molecule has 0 aromatic heterocycles. The molecule has 6 heteroatoms. The van der Waals surface area contributed by atoms with Crippen molar-refractivity contribution in [1.29, 1.82) is 0 Å². The fraction of sp³-hybridized carbons (Fsp3) is 1.00. The maximum atomic E-state index is 11.4. The van der Waals surface area contributed by atoms with Gasteiger partial charge in [0.15, 0.2) is 0 Å². The molecule has 0 aromatic rings. The highest BCUT2D eigenvalue weighted by Crippen LogP contribution is 2.15. The van der Waals surface area contributed by atoms with Crippen LogP contribution in [0.5, 0.6) is 0 Å². The SMILES string of the molecule is CCCNS(=O)(=O)NCC(C)(O)CC(C)C. The number of nitrogens with one attached hydrogen (secondary N) is 2. The van der Waals surface area contributed by atoms with Crippen LogP contribution in [-0.2, 0) is 10.2 Å². The molecular weight excluding hydrogens is 228 g/mol. The van der Waals surface area contributed by atoms with E-state index in [1.54, 1.807) is 6.92 Å². The highest BCUT2D eigenvalue weighted by Gasteiger charge is 2.23. The van der Waals surface area contributed by atoms with Crippen molar-refractivity contribution in [3.63, 3.8) is 0 Å². The van der Waals surface area contributed by atoms with E-state index in [9.17, 15) is 13.5 Å². The molecule has 0 saturated carbocycles. The molecule has 0 radical (unpaired) electrons. The summed E-state index contributed by atoms with van der Waals surface area (Å²) in [5.74, 6) is 0.322. The maximum absolute atomic E-state index is 11.4. The first-order valence-corrected chi connectivity index (χ1v) is 7.13. The number of hydrogen-bond acceptors (Lipinski definition) is 3. The summed E-state index contributed by atoms with van der Waals surface area (Å²) < 4.78 is 27.5. The molecular formula is C10H24N2O3S. The van der Waals surface area contributed by atoms with E-state index in [-0.39, 0.29) is 6.54 Å². The van der Waals surface area contributed by atoms with E-state index in [1.807, 2.05) is 20.8 Å². The minimum absolute atomic E-state index is 0.0320. The number of rotatable bonds is 8. The topological polar surface area (TPSA) is 78.4 Å². The second-order valence-electron chi connectivity index (χ2n) is 4.81. The molecule has 0 heterocycles. The van der Waals surface area contributed by atoms with Crippen LogP contribution in [0.15, 0.2) is 0 Å².